The van der Waals surface area contributed by atoms with Crippen molar-refractivity contribution >= 4 is 11.4 Å². The summed E-state index contributed by atoms with van der Waals surface area (Å²) in [5.41, 5.74) is 1.04. The lowest BCUT2D eigenvalue weighted by Gasteiger charge is -2.44. The minimum absolute atomic E-state index is 0.0264. The van der Waals surface area contributed by atoms with Crippen LogP contribution in [-0.4, -0.2) is 135 Å². The highest BCUT2D eigenvalue weighted by Gasteiger charge is 2.29. The van der Waals surface area contributed by atoms with Gasteiger partial charge in [0, 0.05) is 108 Å². The van der Waals surface area contributed by atoms with Crippen molar-refractivity contribution in [2.75, 3.05) is 104 Å². The second-order valence-corrected chi connectivity index (χ2v) is 11.1. The number of hydrogen-bond donors (Lipinski definition) is 1. The quantitative estimate of drug-likeness (QED) is 0.410. The third-order valence-corrected chi connectivity index (χ3v) is 9.08. The van der Waals surface area contributed by atoms with Gasteiger partial charge in [0.25, 0.3) is 0 Å². The molecule has 0 atom stereocenters. The van der Waals surface area contributed by atoms with Crippen molar-refractivity contribution in [1.29, 1.82) is 0 Å². The molecule has 4 aliphatic heterocycles. The maximum absolute atomic E-state index is 11.2. The van der Waals surface area contributed by atoms with E-state index < -0.39 is 0 Å². The third kappa shape index (κ3) is 6.72. The van der Waals surface area contributed by atoms with E-state index in [1.54, 1.807) is 6.07 Å². The van der Waals surface area contributed by atoms with Crippen molar-refractivity contribution in [1.82, 2.24) is 24.9 Å². The van der Waals surface area contributed by atoms with Crippen LogP contribution in [0.4, 0.5) is 11.4 Å². The Hall–Kier alpha value is -1.98. The zero-order chi connectivity index (χ0) is 25.6. The Bertz CT molecular complexity index is 873. The van der Waals surface area contributed by atoms with Crippen LogP contribution in [0.3, 0.4) is 0 Å². The standard InChI is InChI=1S/C27H45N7O3/c1-37-27-22-25(2-3-26(27)34(35)36)31-10-6-24(7-11-31)33-20-16-30(17-21-33)13-12-29-14-18-32(19-15-29)23-4-8-28-9-5-23/h2-3,22-24,28H,4-21H2,1H3. The molecule has 4 saturated heterocycles. The molecule has 0 amide bonds. The molecule has 4 aliphatic rings. The molecule has 0 bridgehead atoms. The average Bonchev–Trinajstić information content (AvgIpc) is 2.97. The van der Waals surface area contributed by atoms with Gasteiger partial charge in [-0.2, -0.15) is 0 Å². The van der Waals surface area contributed by atoms with Crippen molar-refractivity contribution in [3.63, 3.8) is 0 Å². The summed E-state index contributed by atoms with van der Waals surface area (Å²) in [5.74, 6) is 0.337. The summed E-state index contributed by atoms with van der Waals surface area (Å²) in [6.45, 7) is 16.3. The normalized spacial score (nSPS) is 24.4. The summed E-state index contributed by atoms with van der Waals surface area (Å²) in [4.78, 5) is 23.9. The Labute approximate surface area is 221 Å². The average molecular weight is 516 g/mol. The van der Waals surface area contributed by atoms with Gasteiger partial charge in [-0.25, -0.2) is 0 Å². The molecule has 4 heterocycles. The zero-order valence-electron chi connectivity index (χ0n) is 22.5. The lowest BCUT2D eigenvalue weighted by Crippen LogP contribution is -2.55. The van der Waals surface area contributed by atoms with E-state index in [9.17, 15) is 10.1 Å². The number of piperidine rings is 2. The summed E-state index contributed by atoms with van der Waals surface area (Å²) in [5, 5.41) is 14.7. The van der Waals surface area contributed by atoms with Crippen LogP contribution in [-0.2, 0) is 0 Å². The fraction of sp³-hybridized carbons (Fsp3) is 0.778. The maximum Gasteiger partial charge on any atom is 0.311 e. The summed E-state index contributed by atoms with van der Waals surface area (Å²) in [7, 11) is 1.49. The van der Waals surface area contributed by atoms with Gasteiger partial charge in [0.05, 0.1) is 12.0 Å². The predicted octanol–water partition coefficient (Wildman–Crippen LogP) is 1.56. The van der Waals surface area contributed by atoms with Gasteiger partial charge in [-0.05, 0) is 44.8 Å². The molecule has 4 fully saturated rings. The number of rotatable bonds is 8. The van der Waals surface area contributed by atoms with Crippen LogP contribution in [0, 0.1) is 10.1 Å². The first kappa shape index (κ1) is 26.6. The second kappa shape index (κ2) is 12.7. The summed E-state index contributed by atoms with van der Waals surface area (Å²) in [6.07, 6.45) is 4.91. The highest BCUT2D eigenvalue weighted by atomic mass is 16.6. The van der Waals surface area contributed by atoms with Crippen molar-refractivity contribution in [3.05, 3.63) is 28.3 Å². The fourth-order valence-electron chi connectivity index (χ4n) is 6.66. The third-order valence-electron chi connectivity index (χ3n) is 9.08. The Kier molecular flexibility index (Phi) is 9.15. The molecule has 0 radical (unpaired) electrons. The van der Waals surface area contributed by atoms with Gasteiger partial charge < -0.3 is 15.0 Å². The van der Waals surface area contributed by atoms with Crippen LogP contribution in [0.5, 0.6) is 5.75 Å². The van der Waals surface area contributed by atoms with Crippen LogP contribution in [0.2, 0.25) is 0 Å². The second-order valence-electron chi connectivity index (χ2n) is 11.1. The molecule has 0 spiro atoms. The van der Waals surface area contributed by atoms with Crippen LogP contribution < -0.4 is 15.0 Å². The highest BCUT2D eigenvalue weighted by molar-refractivity contribution is 5.59. The van der Waals surface area contributed by atoms with Gasteiger partial charge in [-0.3, -0.25) is 29.7 Å². The molecule has 1 aromatic carbocycles. The number of nitro benzene ring substituents is 1. The first-order chi connectivity index (χ1) is 18.1. The van der Waals surface area contributed by atoms with E-state index in [2.05, 4.69) is 29.8 Å². The Balaban J connectivity index is 0.995. The number of piperazine rings is 2. The Morgan fingerprint density at radius 3 is 1.89 bits per heavy atom. The lowest BCUT2D eigenvalue weighted by molar-refractivity contribution is -0.385. The number of methoxy groups -OCH3 is 1. The van der Waals surface area contributed by atoms with Crippen LogP contribution >= 0.6 is 0 Å². The highest BCUT2D eigenvalue weighted by Crippen LogP contribution is 2.33. The molecule has 1 aromatic rings. The largest absolute Gasteiger partial charge is 0.490 e. The molecule has 206 valence electrons. The van der Waals surface area contributed by atoms with Gasteiger partial charge >= 0.3 is 5.69 Å². The number of anilines is 1. The molecule has 37 heavy (non-hydrogen) atoms. The first-order valence-electron chi connectivity index (χ1n) is 14.3. The van der Waals surface area contributed by atoms with Gasteiger partial charge in [0.15, 0.2) is 5.75 Å². The van der Waals surface area contributed by atoms with E-state index in [0.717, 1.165) is 37.7 Å². The molecule has 5 rings (SSSR count). The van der Waals surface area contributed by atoms with Gasteiger partial charge in [0.1, 0.15) is 0 Å². The van der Waals surface area contributed by atoms with Crippen molar-refractivity contribution in [2.45, 2.75) is 37.8 Å². The van der Waals surface area contributed by atoms with Crippen LogP contribution in [0.15, 0.2) is 18.2 Å². The predicted molar refractivity (Wildman–Crippen MR) is 147 cm³/mol. The maximum atomic E-state index is 11.2. The smallest absolute Gasteiger partial charge is 0.311 e. The number of ether oxygens (including phenoxy) is 1. The molecule has 1 N–H and O–H groups in total. The Morgan fingerprint density at radius 2 is 1.38 bits per heavy atom. The van der Waals surface area contributed by atoms with Crippen molar-refractivity contribution < 1.29 is 9.66 Å². The number of hydrogen-bond acceptors (Lipinski definition) is 9. The summed E-state index contributed by atoms with van der Waals surface area (Å²) >= 11 is 0. The number of nitro groups is 1. The Morgan fingerprint density at radius 1 is 0.838 bits per heavy atom. The van der Waals surface area contributed by atoms with Crippen LogP contribution in [0.1, 0.15) is 25.7 Å². The molecule has 0 aromatic heterocycles. The topological polar surface area (TPSA) is 80.6 Å². The van der Waals surface area contributed by atoms with Gasteiger partial charge in [-0.15, -0.1) is 0 Å². The fourth-order valence-corrected chi connectivity index (χ4v) is 6.66. The van der Waals surface area contributed by atoms with Gasteiger partial charge in [-0.1, -0.05) is 0 Å². The molecule has 0 aliphatic carbocycles. The molecular weight excluding hydrogens is 470 g/mol. The summed E-state index contributed by atoms with van der Waals surface area (Å²) in [6, 6.07) is 6.67. The lowest BCUT2D eigenvalue weighted by atomic mass is 10.0. The van der Waals surface area contributed by atoms with Crippen LogP contribution in [0.25, 0.3) is 0 Å². The molecule has 0 unspecified atom stereocenters. The minimum atomic E-state index is -0.384. The van der Waals surface area contributed by atoms with E-state index in [4.69, 9.17) is 4.74 Å². The SMILES string of the molecule is COc1cc(N2CCC(N3CCN(CCN4CCN(C5CCNCC5)CC4)CC3)CC2)ccc1[N+](=O)[O-]. The minimum Gasteiger partial charge on any atom is -0.490 e. The van der Waals surface area contributed by atoms with E-state index in [1.165, 1.54) is 98.5 Å². The number of benzene rings is 1. The molecular formula is C27H45N7O3. The number of nitrogens with zero attached hydrogens (tertiary/aromatic N) is 6. The monoisotopic (exact) mass is 515 g/mol. The van der Waals surface area contributed by atoms with E-state index >= 15 is 0 Å². The number of nitrogens with one attached hydrogen (secondary N) is 1. The molecule has 10 heteroatoms. The van der Waals surface area contributed by atoms with E-state index in [0.29, 0.717) is 11.8 Å². The van der Waals surface area contributed by atoms with Gasteiger partial charge in [0.2, 0.25) is 0 Å². The van der Waals surface area contributed by atoms with Crippen molar-refractivity contribution in [3.8, 4) is 5.75 Å². The molecule has 0 saturated carbocycles. The zero-order valence-corrected chi connectivity index (χ0v) is 22.5. The van der Waals surface area contributed by atoms with E-state index in [1.807, 2.05) is 12.1 Å². The van der Waals surface area contributed by atoms with E-state index in [-0.39, 0.29) is 10.6 Å². The molecule has 10 nitrogen and oxygen atoms in total. The first-order valence-corrected chi connectivity index (χ1v) is 14.3. The van der Waals surface area contributed by atoms with Crippen molar-refractivity contribution in [2.24, 2.45) is 0 Å². The summed E-state index contributed by atoms with van der Waals surface area (Å²) < 4.78 is 5.26.